The van der Waals surface area contributed by atoms with Crippen molar-refractivity contribution in [3.05, 3.63) is 65.7 Å². The van der Waals surface area contributed by atoms with E-state index in [4.69, 9.17) is 5.73 Å². The summed E-state index contributed by atoms with van der Waals surface area (Å²) in [6.45, 7) is 0.595. The minimum absolute atomic E-state index is 0. The van der Waals surface area contributed by atoms with Gasteiger partial charge in [-0.05, 0) is 23.3 Å². The lowest BCUT2D eigenvalue weighted by Gasteiger charge is -2.08. The van der Waals surface area contributed by atoms with Crippen molar-refractivity contribution in [3.63, 3.8) is 0 Å². The Hall–Kier alpha value is -1.40. The van der Waals surface area contributed by atoms with Crippen LogP contribution in [0.1, 0.15) is 11.1 Å². The molecule has 0 unspecified atom stereocenters. The molecule has 108 valence electrons. The maximum absolute atomic E-state index is 12.1. The first-order valence-electron chi connectivity index (χ1n) is 5.94. The van der Waals surface area contributed by atoms with Gasteiger partial charge in [-0.25, -0.2) is 13.1 Å². The number of sulfonamides is 1. The van der Waals surface area contributed by atoms with Gasteiger partial charge in [0.15, 0.2) is 0 Å². The van der Waals surface area contributed by atoms with Gasteiger partial charge in [0.2, 0.25) is 10.0 Å². The van der Waals surface area contributed by atoms with Crippen LogP contribution < -0.4 is 10.5 Å². The molecule has 0 saturated carbocycles. The number of nitrogens with two attached hydrogens (primary N) is 1. The molecular formula is C14H17ClN2O2S. The Bertz CT molecular complexity index is 645. The molecule has 2 aromatic carbocycles. The summed E-state index contributed by atoms with van der Waals surface area (Å²) in [4.78, 5) is 0.242. The molecule has 0 amide bonds. The molecule has 20 heavy (non-hydrogen) atoms. The summed E-state index contributed by atoms with van der Waals surface area (Å²) >= 11 is 0. The van der Waals surface area contributed by atoms with E-state index in [1.807, 2.05) is 30.3 Å². The van der Waals surface area contributed by atoms with Gasteiger partial charge in [0.05, 0.1) is 4.90 Å². The van der Waals surface area contributed by atoms with Crippen LogP contribution >= 0.6 is 12.4 Å². The third-order valence-corrected chi connectivity index (χ3v) is 4.15. The van der Waals surface area contributed by atoms with Crippen molar-refractivity contribution < 1.29 is 8.42 Å². The summed E-state index contributed by atoms with van der Waals surface area (Å²) in [5, 5.41) is 0. The first-order chi connectivity index (χ1) is 9.12. The molecule has 3 N–H and O–H groups in total. The molecule has 0 saturated heterocycles. The monoisotopic (exact) mass is 312 g/mol. The number of hydrogen-bond donors (Lipinski definition) is 2. The Morgan fingerprint density at radius 2 is 1.60 bits per heavy atom. The fourth-order valence-corrected chi connectivity index (χ4v) is 2.78. The van der Waals surface area contributed by atoms with E-state index in [0.29, 0.717) is 6.54 Å². The Morgan fingerprint density at radius 1 is 0.950 bits per heavy atom. The quantitative estimate of drug-likeness (QED) is 0.887. The molecule has 0 atom stereocenters. The number of halogens is 1. The first kappa shape index (κ1) is 16.7. The lowest BCUT2D eigenvalue weighted by atomic mass is 10.2. The van der Waals surface area contributed by atoms with E-state index in [2.05, 4.69) is 4.72 Å². The highest BCUT2D eigenvalue weighted by Crippen LogP contribution is 2.11. The number of hydrogen-bond acceptors (Lipinski definition) is 3. The van der Waals surface area contributed by atoms with Crippen LogP contribution in [-0.4, -0.2) is 8.42 Å². The fraction of sp³-hybridized carbons (Fsp3) is 0.143. The van der Waals surface area contributed by atoms with Crippen LogP contribution in [0, 0.1) is 0 Å². The molecule has 0 aromatic heterocycles. The summed E-state index contributed by atoms with van der Waals surface area (Å²) < 4.78 is 26.8. The number of nitrogens with one attached hydrogen (secondary N) is 1. The molecular weight excluding hydrogens is 296 g/mol. The van der Waals surface area contributed by atoms with Gasteiger partial charge in [-0.3, -0.25) is 0 Å². The molecule has 0 fully saturated rings. The van der Waals surface area contributed by atoms with Crippen molar-refractivity contribution in [2.24, 2.45) is 5.73 Å². The average Bonchev–Trinajstić information content (AvgIpc) is 2.46. The molecule has 0 aliphatic carbocycles. The first-order valence-corrected chi connectivity index (χ1v) is 7.43. The Morgan fingerprint density at radius 3 is 2.25 bits per heavy atom. The van der Waals surface area contributed by atoms with Gasteiger partial charge in [0, 0.05) is 13.1 Å². The van der Waals surface area contributed by atoms with E-state index < -0.39 is 10.0 Å². The molecule has 0 bridgehead atoms. The SMILES string of the molecule is Cl.NCc1cccc(S(=O)(=O)NCc2ccccc2)c1. The smallest absolute Gasteiger partial charge is 0.240 e. The Labute approximate surface area is 125 Å². The van der Waals surface area contributed by atoms with E-state index in [-0.39, 0.29) is 23.8 Å². The zero-order valence-corrected chi connectivity index (χ0v) is 12.5. The molecule has 6 heteroatoms. The maximum Gasteiger partial charge on any atom is 0.240 e. The van der Waals surface area contributed by atoms with Crippen LogP contribution in [-0.2, 0) is 23.1 Å². The summed E-state index contributed by atoms with van der Waals surface area (Å²) in [5.74, 6) is 0. The van der Waals surface area contributed by atoms with E-state index in [1.54, 1.807) is 24.3 Å². The topological polar surface area (TPSA) is 72.2 Å². The van der Waals surface area contributed by atoms with Crippen LogP contribution in [0.15, 0.2) is 59.5 Å². The predicted molar refractivity (Wildman–Crippen MR) is 82.0 cm³/mol. The predicted octanol–water partition coefficient (Wildman–Crippen LogP) is 2.05. The van der Waals surface area contributed by atoms with E-state index in [1.165, 1.54) is 0 Å². The van der Waals surface area contributed by atoms with Crippen molar-refractivity contribution in [2.45, 2.75) is 18.0 Å². The fourth-order valence-electron chi connectivity index (χ4n) is 1.70. The van der Waals surface area contributed by atoms with Gasteiger partial charge in [-0.2, -0.15) is 0 Å². The highest BCUT2D eigenvalue weighted by molar-refractivity contribution is 7.89. The summed E-state index contributed by atoms with van der Waals surface area (Å²) in [6.07, 6.45) is 0. The number of benzene rings is 2. The Kier molecular flexibility index (Phi) is 6.16. The minimum atomic E-state index is -3.50. The van der Waals surface area contributed by atoms with Crippen molar-refractivity contribution in [1.29, 1.82) is 0 Å². The second-order valence-electron chi connectivity index (χ2n) is 4.16. The number of rotatable bonds is 5. The highest BCUT2D eigenvalue weighted by Gasteiger charge is 2.13. The molecule has 0 aliphatic rings. The molecule has 0 aliphatic heterocycles. The molecule has 0 spiro atoms. The third kappa shape index (κ3) is 4.31. The second-order valence-corrected chi connectivity index (χ2v) is 5.93. The van der Waals surface area contributed by atoms with Gasteiger partial charge >= 0.3 is 0 Å². The summed E-state index contributed by atoms with van der Waals surface area (Å²) in [5.41, 5.74) is 7.22. The minimum Gasteiger partial charge on any atom is -0.326 e. The van der Waals surface area contributed by atoms with Crippen LogP contribution in [0.25, 0.3) is 0 Å². The maximum atomic E-state index is 12.1. The van der Waals surface area contributed by atoms with Crippen LogP contribution in [0.2, 0.25) is 0 Å². The van der Waals surface area contributed by atoms with Gasteiger partial charge in [0.1, 0.15) is 0 Å². The van der Waals surface area contributed by atoms with Gasteiger partial charge in [-0.15, -0.1) is 12.4 Å². The van der Waals surface area contributed by atoms with Gasteiger partial charge < -0.3 is 5.73 Å². The van der Waals surface area contributed by atoms with Crippen LogP contribution in [0.3, 0.4) is 0 Å². The van der Waals surface area contributed by atoms with Crippen LogP contribution in [0.4, 0.5) is 0 Å². The standard InChI is InChI=1S/C14H16N2O2S.ClH/c15-10-13-7-4-8-14(9-13)19(17,18)16-11-12-5-2-1-3-6-12;/h1-9,16H,10-11,15H2;1H. The molecule has 2 aromatic rings. The lowest BCUT2D eigenvalue weighted by molar-refractivity contribution is 0.581. The molecule has 4 nitrogen and oxygen atoms in total. The van der Waals surface area contributed by atoms with Crippen molar-refractivity contribution in [2.75, 3.05) is 0 Å². The van der Waals surface area contributed by atoms with E-state index >= 15 is 0 Å². The van der Waals surface area contributed by atoms with Crippen molar-refractivity contribution >= 4 is 22.4 Å². The zero-order chi connectivity index (χ0) is 13.7. The van der Waals surface area contributed by atoms with Crippen LogP contribution in [0.5, 0.6) is 0 Å². The largest absolute Gasteiger partial charge is 0.326 e. The second kappa shape index (κ2) is 7.40. The van der Waals surface area contributed by atoms with Gasteiger partial charge in [-0.1, -0.05) is 42.5 Å². The lowest BCUT2D eigenvalue weighted by Crippen LogP contribution is -2.23. The third-order valence-electron chi connectivity index (χ3n) is 2.75. The van der Waals surface area contributed by atoms with Crippen molar-refractivity contribution in [3.8, 4) is 0 Å². The highest BCUT2D eigenvalue weighted by atomic mass is 35.5. The molecule has 0 radical (unpaired) electrons. The zero-order valence-electron chi connectivity index (χ0n) is 10.8. The summed E-state index contributed by atoms with van der Waals surface area (Å²) in [6, 6.07) is 16.0. The molecule has 2 rings (SSSR count). The average molecular weight is 313 g/mol. The normalized spacial score (nSPS) is 10.8. The Balaban J connectivity index is 0.00000200. The van der Waals surface area contributed by atoms with E-state index in [0.717, 1.165) is 11.1 Å². The van der Waals surface area contributed by atoms with Gasteiger partial charge in [0.25, 0.3) is 0 Å². The summed E-state index contributed by atoms with van der Waals surface area (Å²) in [7, 11) is -3.50. The molecule has 0 heterocycles. The van der Waals surface area contributed by atoms with Crippen molar-refractivity contribution in [1.82, 2.24) is 4.72 Å². The van der Waals surface area contributed by atoms with E-state index in [9.17, 15) is 8.42 Å².